The quantitative estimate of drug-likeness (QED) is 0.651. The Bertz CT molecular complexity index is 337. The molecule has 0 aromatic carbocycles. The molecule has 56 valence electrons. The predicted octanol–water partition coefficient (Wildman–Crippen LogP) is 0.768. The summed E-state index contributed by atoms with van der Waals surface area (Å²) in [6.07, 6.45) is 3.05. The van der Waals surface area contributed by atoms with Crippen LogP contribution in [0.4, 0.5) is 0 Å². The molecule has 5 heteroatoms. The molecule has 2 aromatic heterocycles. The normalized spacial score (nSPS) is 10.3. The highest BCUT2D eigenvalue weighted by Gasteiger charge is 2.07. The summed E-state index contributed by atoms with van der Waals surface area (Å²) >= 11 is 0. The maximum absolute atomic E-state index is 4.85. The summed E-state index contributed by atoms with van der Waals surface area (Å²) in [6.45, 7) is 1.82. The number of hydrogen-bond donors (Lipinski definition) is 1. The molecule has 0 aliphatic carbocycles. The van der Waals surface area contributed by atoms with Crippen LogP contribution in [0.2, 0.25) is 0 Å². The van der Waals surface area contributed by atoms with E-state index >= 15 is 0 Å². The zero-order chi connectivity index (χ0) is 7.68. The molecule has 0 bridgehead atoms. The molecule has 0 atom stereocenters. The summed E-state index contributed by atoms with van der Waals surface area (Å²) in [5.74, 6) is 1.42. The van der Waals surface area contributed by atoms with Gasteiger partial charge in [-0.25, -0.2) is 4.98 Å². The van der Waals surface area contributed by atoms with Gasteiger partial charge in [0.05, 0.1) is 11.8 Å². The van der Waals surface area contributed by atoms with Gasteiger partial charge in [0.25, 0.3) is 0 Å². The summed E-state index contributed by atoms with van der Waals surface area (Å²) < 4.78 is 4.85. The van der Waals surface area contributed by atoms with Crippen LogP contribution in [0.5, 0.6) is 0 Å². The van der Waals surface area contributed by atoms with Gasteiger partial charge in [-0.2, -0.15) is 5.10 Å². The largest absolute Gasteiger partial charge is 0.361 e. The van der Waals surface area contributed by atoms with Gasteiger partial charge in [-0.1, -0.05) is 5.16 Å². The van der Waals surface area contributed by atoms with Crippen molar-refractivity contribution in [3.63, 3.8) is 0 Å². The van der Waals surface area contributed by atoms with E-state index in [-0.39, 0.29) is 0 Å². The summed E-state index contributed by atoms with van der Waals surface area (Å²) in [6, 6.07) is 0. The van der Waals surface area contributed by atoms with Crippen LogP contribution >= 0.6 is 0 Å². The van der Waals surface area contributed by atoms with Crippen LogP contribution in [-0.4, -0.2) is 20.3 Å². The van der Waals surface area contributed by atoms with E-state index in [1.165, 1.54) is 6.33 Å². The predicted molar refractivity (Wildman–Crippen MR) is 36.6 cm³/mol. The first-order chi connectivity index (χ1) is 5.38. The average molecular weight is 150 g/mol. The molecule has 1 N–H and O–H groups in total. The first-order valence-electron chi connectivity index (χ1n) is 3.15. The van der Waals surface area contributed by atoms with Gasteiger partial charge in [0.2, 0.25) is 0 Å². The van der Waals surface area contributed by atoms with E-state index in [9.17, 15) is 0 Å². The second kappa shape index (κ2) is 2.19. The van der Waals surface area contributed by atoms with Crippen molar-refractivity contribution in [2.24, 2.45) is 0 Å². The molecule has 2 rings (SSSR count). The van der Waals surface area contributed by atoms with Crippen LogP contribution < -0.4 is 0 Å². The third-order valence-corrected chi connectivity index (χ3v) is 1.42. The molecule has 11 heavy (non-hydrogen) atoms. The summed E-state index contributed by atoms with van der Waals surface area (Å²) in [5.41, 5.74) is 0.850. The fraction of sp³-hybridized carbons (Fsp3) is 0.167. The molecule has 0 aliphatic heterocycles. The van der Waals surface area contributed by atoms with Crippen LogP contribution in [-0.2, 0) is 0 Å². The third-order valence-electron chi connectivity index (χ3n) is 1.42. The molecule has 2 heterocycles. The van der Waals surface area contributed by atoms with Crippen LogP contribution in [0.15, 0.2) is 17.0 Å². The minimum Gasteiger partial charge on any atom is -0.361 e. The molecular formula is C6H6N4O. The number of nitrogens with zero attached hydrogens (tertiary/aromatic N) is 3. The lowest BCUT2D eigenvalue weighted by atomic mass is 10.3. The van der Waals surface area contributed by atoms with E-state index < -0.39 is 0 Å². The Morgan fingerprint density at radius 3 is 3.00 bits per heavy atom. The van der Waals surface area contributed by atoms with E-state index in [0.717, 1.165) is 11.3 Å². The molecule has 0 saturated carbocycles. The van der Waals surface area contributed by atoms with Gasteiger partial charge in [0.1, 0.15) is 12.1 Å². The molecule has 0 radical (unpaired) electrons. The van der Waals surface area contributed by atoms with Crippen LogP contribution in [0.3, 0.4) is 0 Å². The molecular weight excluding hydrogens is 144 g/mol. The van der Waals surface area contributed by atoms with E-state index in [2.05, 4.69) is 20.3 Å². The second-order valence-corrected chi connectivity index (χ2v) is 2.13. The van der Waals surface area contributed by atoms with Gasteiger partial charge in [-0.3, -0.25) is 5.10 Å². The van der Waals surface area contributed by atoms with Crippen molar-refractivity contribution in [3.05, 3.63) is 18.3 Å². The Morgan fingerprint density at radius 2 is 2.45 bits per heavy atom. The summed E-state index contributed by atoms with van der Waals surface area (Å²) in [5, 5.41) is 10.0. The molecule has 2 aromatic rings. The highest BCUT2D eigenvalue weighted by atomic mass is 16.5. The van der Waals surface area contributed by atoms with E-state index in [0.29, 0.717) is 5.82 Å². The number of aromatic amines is 1. The molecule has 0 spiro atoms. The van der Waals surface area contributed by atoms with Crippen molar-refractivity contribution in [2.75, 3.05) is 0 Å². The Hall–Kier alpha value is -1.65. The van der Waals surface area contributed by atoms with Crippen LogP contribution in [0.1, 0.15) is 5.76 Å². The van der Waals surface area contributed by atoms with Crippen molar-refractivity contribution in [1.82, 2.24) is 20.3 Å². The van der Waals surface area contributed by atoms with Gasteiger partial charge in [0, 0.05) is 0 Å². The van der Waals surface area contributed by atoms with Gasteiger partial charge in [-0.05, 0) is 6.92 Å². The van der Waals surface area contributed by atoms with E-state index in [1.54, 1.807) is 6.20 Å². The zero-order valence-electron chi connectivity index (χ0n) is 5.90. The number of hydrogen-bond acceptors (Lipinski definition) is 4. The fourth-order valence-electron chi connectivity index (χ4n) is 0.861. The number of rotatable bonds is 1. The SMILES string of the molecule is Cc1oncc1-c1ncn[nH]1. The molecule has 0 unspecified atom stereocenters. The van der Waals surface area contributed by atoms with Gasteiger partial charge in [-0.15, -0.1) is 0 Å². The fourth-order valence-corrected chi connectivity index (χ4v) is 0.861. The van der Waals surface area contributed by atoms with E-state index in [4.69, 9.17) is 4.52 Å². The van der Waals surface area contributed by atoms with Crippen LogP contribution in [0, 0.1) is 6.92 Å². The van der Waals surface area contributed by atoms with Gasteiger partial charge < -0.3 is 4.52 Å². The average Bonchev–Trinajstić information content (AvgIpc) is 2.55. The number of nitrogens with one attached hydrogen (secondary N) is 1. The smallest absolute Gasteiger partial charge is 0.160 e. The van der Waals surface area contributed by atoms with E-state index in [1.807, 2.05) is 6.92 Å². The van der Waals surface area contributed by atoms with Crippen LogP contribution in [0.25, 0.3) is 11.4 Å². The molecule has 0 saturated heterocycles. The minimum absolute atomic E-state index is 0.684. The zero-order valence-corrected chi connectivity index (χ0v) is 5.90. The Kier molecular flexibility index (Phi) is 1.21. The lowest BCUT2D eigenvalue weighted by molar-refractivity contribution is 0.398. The maximum atomic E-state index is 4.85. The molecule has 0 fully saturated rings. The highest BCUT2D eigenvalue weighted by Crippen LogP contribution is 2.16. The van der Waals surface area contributed by atoms with Crippen molar-refractivity contribution in [1.29, 1.82) is 0 Å². The monoisotopic (exact) mass is 150 g/mol. The number of aryl methyl sites for hydroxylation is 1. The Labute approximate surface area is 62.4 Å². The number of aromatic nitrogens is 4. The summed E-state index contributed by atoms with van der Waals surface area (Å²) in [7, 11) is 0. The maximum Gasteiger partial charge on any atom is 0.160 e. The first-order valence-corrected chi connectivity index (χ1v) is 3.15. The second-order valence-electron chi connectivity index (χ2n) is 2.13. The summed E-state index contributed by atoms with van der Waals surface area (Å²) in [4.78, 5) is 3.95. The van der Waals surface area contributed by atoms with Gasteiger partial charge in [0.15, 0.2) is 5.82 Å². The molecule has 5 nitrogen and oxygen atoms in total. The van der Waals surface area contributed by atoms with Gasteiger partial charge >= 0.3 is 0 Å². The topological polar surface area (TPSA) is 67.6 Å². The van der Waals surface area contributed by atoms with Crippen molar-refractivity contribution < 1.29 is 4.52 Å². The molecule has 0 amide bonds. The third kappa shape index (κ3) is 0.899. The minimum atomic E-state index is 0.684. The van der Waals surface area contributed by atoms with Crippen molar-refractivity contribution in [3.8, 4) is 11.4 Å². The standard InChI is InChI=1S/C6H6N4O/c1-4-5(2-9-11-4)6-7-3-8-10-6/h2-3H,1H3,(H,7,8,10). The lowest BCUT2D eigenvalue weighted by Crippen LogP contribution is -1.79. The number of H-pyrrole nitrogens is 1. The Balaban J connectivity index is 2.53. The highest BCUT2D eigenvalue weighted by molar-refractivity contribution is 5.54. The van der Waals surface area contributed by atoms with Crippen molar-refractivity contribution in [2.45, 2.75) is 6.92 Å². The lowest BCUT2D eigenvalue weighted by Gasteiger charge is -1.86. The molecule has 0 aliphatic rings. The van der Waals surface area contributed by atoms with Crippen molar-refractivity contribution >= 4 is 0 Å². The Morgan fingerprint density at radius 1 is 1.55 bits per heavy atom. The first kappa shape index (κ1) is 6.09.